The van der Waals surface area contributed by atoms with E-state index in [1.807, 2.05) is 13.1 Å². The van der Waals surface area contributed by atoms with Gasteiger partial charge in [0, 0.05) is 31.4 Å². The molecule has 0 saturated carbocycles. The van der Waals surface area contributed by atoms with Gasteiger partial charge in [0.2, 0.25) is 5.91 Å². The third-order valence-corrected chi connectivity index (χ3v) is 3.12. The number of rotatable bonds is 4. The van der Waals surface area contributed by atoms with Crippen LogP contribution in [0.15, 0.2) is 18.3 Å². The fourth-order valence-corrected chi connectivity index (χ4v) is 2.23. The summed E-state index contributed by atoms with van der Waals surface area (Å²) in [7, 11) is 1.91. The molecule has 1 unspecified atom stereocenters. The lowest BCUT2D eigenvalue weighted by Crippen LogP contribution is -2.28. The normalized spacial score (nSPS) is 19.6. The maximum absolute atomic E-state index is 11.2. The Balaban J connectivity index is 2.15. The molecule has 2 heterocycles. The third-order valence-electron chi connectivity index (χ3n) is 3.12. The van der Waals surface area contributed by atoms with Crippen LogP contribution in [0.3, 0.4) is 0 Å². The highest BCUT2D eigenvalue weighted by Gasteiger charge is 2.28. The number of nitrogens with zero attached hydrogens (tertiary/aromatic N) is 2. The van der Waals surface area contributed by atoms with Gasteiger partial charge in [-0.3, -0.25) is 4.79 Å². The summed E-state index contributed by atoms with van der Waals surface area (Å²) >= 11 is 0. The second-order valence-electron chi connectivity index (χ2n) is 4.35. The van der Waals surface area contributed by atoms with Crippen LogP contribution in [0.5, 0.6) is 0 Å². The number of pyridine rings is 1. The molecule has 0 bridgehead atoms. The molecule has 1 atom stereocenters. The molecular weight excluding hydrogens is 216 g/mol. The molecule has 5 nitrogen and oxygen atoms in total. The van der Waals surface area contributed by atoms with Crippen LogP contribution in [-0.2, 0) is 11.3 Å². The van der Waals surface area contributed by atoms with E-state index >= 15 is 0 Å². The lowest BCUT2D eigenvalue weighted by atomic mass is 10.1. The van der Waals surface area contributed by atoms with Crippen LogP contribution in [0.4, 0.5) is 5.82 Å². The number of hydrogen-bond acceptors (Lipinski definition) is 4. The molecule has 1 amide bonds. The van der Waals surface area contributed by atoms with E-state index in [-0.39, 0.29) is 11.8 Å². The molecule has 92 valence electrons. The van der Waals surface area contributed by atoms with Crippen molar-refractivity contribution in [2.45, 2.75) is 13.0 Å². The van der Waals surface area contributed by atoms with Gasteiger partial charge in [-0.2, -0.15) is 0 Å². The quantitative estimate of drug-likeness (QED) is 0.776. The molecule has 2 rings (SSSR count). The molecule has 1 aromatic heterocycles. The molecule has 0 radical (unpaired) electrons. The summed E-state index contributed by atoms with van der Waals surface area (Å²) in [5.41, 5.74) is 6.49. The average molecular weight is 234 g/mol. The maximum atomic E-state index is 11.2. The van der Waals surface area contributed by atoms with Gasteiger partial charge in [0.25, 0.3) is 0 Å². The Kier molecular flexibility index (Phi) is 3.58. The first-order valence-corrected chi connectivity index (χ1v) is 5.85. The number of nitrogens with two attached hydrogens (primary N) is 1. The van der Waals surface area contributed by atoms with E-state index in [4.69, 9.17) is 5.73 Å². The minimum atomic E-state index is -0.210. The summed E-state index contributed by atoms with van der Waals surface area (Å²) in [6.07, 6.45) is 2.61. The number of nitrogens with one attached hydrogen (secondary N) is 1. The van der Waals surface area contributed by atoms with Gasteiger partial charge >= 0.3 is 0 Å². The number of amides is 1. The van der Waals surface area contributed by atoms with E-state index < -0.39 is 0 Å². The zero-order valence-corrected chi connectivity index (χ0v) is 10.0. The van der Waals surface area contributed by atoms with Crippen molar-refractivity contribution in [3.05, 3.63) is 23.9 Å². The predicted octanol–water partition coefficient (Wildman–Crippen LogP) is 0.113. The molecule has 1 saturated heterocycles. The van der Waals surface area contributed by atoms with Crippen molar-refractivity contribution in [2.24, 2.45) is 11.7 Å². The lowest BCUT2D eigenvalue weighted by molar-refractivity contribution is -0.121. The highest BCUT2D eigenvalue weighted by Crippen LogP contribution is 2.24. The maximum Gasteiger partial charge on any atom is 0.222 e. The van der Waals surface area contributed by atoms with Gasteiger partial charge in [-0.1, -0.05) is 6.07 Å². The van der Waals surface area contributed by atoms with Gasteiger partial charge in [0.05, 0.1) is 5.92 Å². The van der Waals surface area contributed by atoms with Crippen LogP contribution < -0.4 is 16.0 Å². The van der Waals surface area contributed by atoms with Crippen molar-refractivity contribution in [1.29, 1.82) is 0 Å². The van der Waals surface area contributed by atoms with Crippen molar-refractivity contribution < 1.29 is 4.79 Å². The van der Waals surface area contributed by atoms with Crippen LogP contribution in [-0.4, -0.2) is 31.0 Å². The lowest BCUT2D eigenvalue weighted by Gasteiger charge is -2.20. The molecule has 1 aliphatic rings. The van der Waals surface area contributed by atoms with Crippen LogP contribution in [0, 0.1) is 5.92 Å². The van der Waals surface area contributed by atoms with Gasteiger partial charge in [-0.15, -0.1) is 0 Å². The van der Waals surface area contributed by atoms with Gasteiger partial charge in [0.1, 0.15) is 5.82 Å². The Morgan fingerprint density at radius 1 is 1.71 bits per heavy atom. The summed E-state index contributed by atoms with van der Waals surface area (Å²) in [5.74, 6) is 0.712. The summed E-state index contributed by atoms with van der Waals surface area (Å²) < 4.78 is 0. The van der Waals surface area contributed by atoms with Gasteiger partial charge in [-0.25, -0.2) is 4.98 Å². The Bertz CT molecular complexity index is 407. The second-order valence-corrected chi connectivity index (χ2v) is 4.35. The van der Waals surface area contributed by atoms with Gasteiger partial charge in [0.15, 0.2) is 0 Å². The smallest absolute Gasteiger partial charge is 0.222 e. The van der Waals surface area contributed by atoms with Crippen molar-refractivity contribution in [1.82, 2.24) is 10.3 Å². The first-order chi connectivity index (χ1) is 8.22. The highest BCUT2D eigenvalue weighted by atomic mass is 16.1. The van der Waals surface area contributed by atoms with E-state index in [0.29, 0.717) is 6.54 Å². The first-order valence-electron chi connectivity index (χ1n) is 5.85. The fraction of sp³-hybridized carbons (Fsp3) is 0.500. The highest BCUT2D eigenvalue weighted by molar-refractivity contribution is 5.78. The number of aromatic nitrogens is 1. The third kappa shape index (κ3) is 2.55. The van der Waals surface area contributed by atoms with Gasteiger partial charge in [-0.05, 0) is 19.5 Å². The molecule has 3 N–H and O–H groups in total. The van der Waals surface area contributed by atoms with E-state index in [1.54, 1.807) is 6.20 Å². The summed E-state index contributed by atoms with van der Waals surface area (Å²) in [4.78, 5) is 17.7. The summed E-state index contributed by atoms with van der Waals surface area (Å²) in [6, 6.07) is 3.98. The number of carbonyl (C=O) groups excluding carboxylic acids is 1. The summed E-state index contributed by atoms with van der Waals surface area (Å²) in [6.45, 7) is 2.31. The van der Waals surface area contributed by atoms with Crippen molar-refractivity contribution >= 4 is 11.7 Å². The number of carbonyl (C=O) groups is 1. The van der Waals surface area contributed by atoms with Gasteiger partial charge < -0.3 is 16.0 Å². The SMILES string of the molecule is CNCc1cccnc1N1CCC(C(N)=O)C1. The molecule has 17 heavy (non-hydrogen) atoms. The van der Waals surface area contributed by atoms with Crippen molar-refractivity contribution in [2.75, 3.05) is 25.0 Å². The van der Waals surface area contributed by atoms with Crippen molar-refractivity contribution in [3.63, 3.8) is 0 Å². The van der Waals surface area contributed by atoms with E-state index in [2.05, 4.69) is 21.3 Å². The topological polar surface area (TPSA) is 71.2 Å². The average Bonchev–Trinajstić information content (AvgIpc) is 2.79. The Morgan fingerprint density at radius 3 is 3.18 bits per heavy atom. The molecule has 0 aliphatic carbocycles. The molecule has 1 aliphatic heterocycles. The van der Waals surface area contributed by atoms with Crippen LogP contribution >= 0.6 is 0 Å². The molecule has 1 fully saturated rings. The minimum absolute atomic E-state index is 0.0422. The Hall–Kier alpha value is -1.62. The molecular formula is C12H18N4O. The zero-order chi connectivity index (χ0) is 12.3. The summed E-state index contributed by atoms with van der Waals surface area (Å²) in [5, 5.41) is 3.12. The Labute approximate surface area is 101 Å². The Morgan fingerprint density at radius 2 is 2.53 bits per heavy atom. The first kappa shape index (κ1) is 11.9. The number of anilines is 1. The largest absolute Gasteiger partial charge is 0.369 e. The van der Waals surface area contributed by atoms with E-state index in [1.165, 1.54) is 0 Å². The molecule has 1 aromatic rings. The standard InChI is InChI=1S/C12H18N4O/c1-14-7-9-3-2-5-15-12(9)16-6-4-10(8-16)11(13)17/h2-3,5,10,14H,4,6-8H2,1H3,(H2,13,17). The number of hydrogen-bond donors (Lipinski definition) is 2. The molecule has 0 aromatic carbocycles. The number of primary amides is 1. The second kappa shape index (κ2) is 5.14. The fourth-order valence-electron chi connectivity index (χ4n) is 2.23. The monoisotopic (exact) mass is 234 g/mol. The van der Waals surface area contributed by atoms with E-state index in [9.17, 15) is 4.79 Å². The van der Waals surface area contributed by atoms with Crippen molar-refractivity contribution in [3.8, 4) is 0 Å². The molecule has 0 spiro atoms. The zero-order valence-electron chi connectivity index (χ0n) is 10.0. The van der Waals surface area contributed by atoms with Crippen LogP contribution in [0.2, 0.25) is 0 Å². The minimum Gasteiger partial charge on any atom is -0.369 e. The molecule has 5 heteroatoms. The van der Waals surface area contributed by atoms with Crippen LogP contribution in [0.25, 0.3) is 0 Å². The predicted molar refractivity (Wildman–Crippen MR) is 66.5 cm³/mol. The van der Waals surface area contributed by atoms with Crippen LogP contribution in [0.1, 0.15) is 12.0 Å². The van der Waals surface area contributed by atoms with E-state index in [0.717, 1.165) is 30.9 Å².